The van der Waals surface area contributed by atoms with Crippen LogP contribution in [-0.2, 0) is 0 Å². The van der Waals surface area contributed by atoms with Crippen molar-refractivity contribution in [3.63, 3.8) is 0 Å². The van der Waals surface area contributed by atoms with Crippen LogP contribution in [0.3, 0.4) is 0 Å². The van der Waals surface area contributed by atoms with Crippen molar-refractivity contribution >= 4 is 18.3 Å². The van der Waals surface area contributed by atoms with Crippen LogP contribution in [0, 0.1) is 5.92 Å². The van der Waals surface area contributed by atoms with E-state index >= 15 is 0 Å². The van der Waals surface area contributed by atoms with Gasteiger partial charge < -0.3 is 5.32 Å². The molecular formula is C10H15ClN2O. The number of hydrogen-bond acceptors (Lipinski definition) is 2. The van der Waals surface area contributed by atoms with Gasteiger partial charge in [-0.3, -0.25) is 9.78 Å². The van der Waals surface area contributed by atoms with Gasteiger partial charge in [-0.15, -0.1) is 12.4 Å². The number of carbonyl (C=O) groups excluding carboxylic acids is 1. The van der Waals surface area contributed by atoms with Crippen LogP contribution in [0.5, 0.6) is 0 Å². The highest BCUT2D eigenvalue weighted by atomic mass is 35.5. The summed E-state index contributed by atoms with van der Waals surface area (Å²) in [6.45, 7) is 4.83. The Bertz CT molecular complexity index is 275. The number of rotatable bonds is 3. The molecule has 1 aromatic heterocycles. The molecule has 0 bridgehead atoms. The van der Waals surface area contributed by atoms with Crippen LogP contribution in [0.15, 0.2) is 24.5 Å². The number of halogens is 1. The van der Waals surface area contributed by atoms with Gasteiger partial charge in [-0.05, 0) is 18.1 Å². The Hall–Kier alpha value is -1.09. The summed E-state index contributed by atoms with van der Waals surface area (Å²) in [4.78, 5) is 15.3. The van der Waals surface area contributed by atoms with E-state index in [4.69, 9.17) is 0 Å². The second kappa shape index (κ2) is 6.38. The Morgan fingerprint density at radius 2 is 2.00 bits per heavy atom. The van der Waals surface area contributed by atoms with Crippen molar-refractivity contribution in [2.45, 2.75) is 13.8 Å². The van der Waals surface area contributed by atoms with E-state index in [2.05, 4.69) is 24.1 Å². The van der Waals surface area contributed by atoms with Crippen LogP contribution in [-0.4, -0.2) is 17.4 Å². The summed E-state index contributed by atoms with van der Waals surface area (Å²) >= 11 is 0. The molecule has 4 heteroatoms. The van der Waals surface area contributed by atoms with Gasteiger partial charge in [0.05, 0.1) is 0 Å². The van der Waals surface area contributed by atoms with Crippen LogP contribution in [0.25, 0.3) is 0 Å². The van der Waals surface area contributed by atoms with E-state index < -0.39 is 0 Å². The molecule has 1 heterocycles. The molecule has 0 fully saturated rings. The number of carbonyl (C=O) groups is 1. The number of nitrogens with one attached hydrogen (secondary N) is 1. The van der Waals surface area contributed by atoms with Crippen molar-refractivity contribution < 1.29 is 4.79 Å². The maximum atomic E-state index is 11.4. The predicted molar refractivity (Wildman–Crippen MR) is 58.7 cm³/mol. The largest absolute Gasteiger partial charge is 0.352 e. The topological polar surface area (TPSA) is 42.0 Å². The third kappa shape index (κ3) is 4.23. The number of pyridine rings is 1. The molecule has 0 atom stereocenters. The van der Waals surface area contributed by atoms with Crippen LogP contribution in [0.1, 0.15) is 24.2 Å². The summed E-state index contributed by atoms with van der Waals surface area (Å²) in [5.74, 6) is 0.446. The molecule has 0 saturated carbocycles. The average Bonchev–Trinajstić information content (AvgIpc) is 2.15. The minimum Gasteiger partial charge on any atom is -0.352 e. The van der Waals surface area contributed by atoms with Crippen molar-refractivity contribution in [3.05, 3.63) is 30.1 Å². The monoisotopic (exact) mass is 214 g/mol. The molecule has 0 aliphatic heterocycles. The van der Waals surface area contributed by atoms with Crippen LogP contribution < -0.4 is 5.32 Å². The van der Waals surface area contributed by atoms with E-state index in [0.29, 0.717) is 18.0 Å². The summed E-state index contributed by atoms with van der Waals surface area (Å²) < 4.78 is 0. The summed E-state index contributed by atoms with van der Waals surface area (Å²) in [6, 6.07) is 3.41. The fourth-order valence-corrected chi connectivity index (χ4v) is 0.902. The Morgan fingerprint density at radius 3 is 2.50 bits per heavy atom. The third-order valence-corrected chi connectivity index (χ3v) is 1.61. The molecule has 1 aromatic rings. The molecule has 0 spiro atoms. The molecular weight excluding hydrogens is 200 g/mol. The summed E-state index contributed by atoms with van der Waals surface area (Å²) in [5.41, 5.74) is 0.663. The van der Waals surface area contributed by atoms with Crippen molar-refractivity contribution in [2.24, 2.45) is 5.92 Å². The molecule has 0 aromatic carbocycles. The molecule has 1 rings (SSSR count). The lowest BCUT2D eigenvalue weighted by atomic mass is 10.2. The van der Waals surface area contributed by atoms with Crippen LogP contribution >= 0.6 is 12.4 Å². The Kier molecular flexibility index (Phi) is 5.88. The normalized spacial score (nSPS) is 9.36. The maximum Gasteiger partial charge on any atom is 0.251 e. The zero-order chi connectivity index (χ0) is 9.68. The molecule has 0 aliphatic carbocycles. The molecule has 1 N–H and O–H groups in total. The van der Waals surface area contributed by atoms with E-state index in [0.717, 1.165) is 0 Å². The highest BCUT2D eigenvalue weighted by molar-refractivity contribution is 5.93. The summed E-state index contributed by atoms with van der Waals surface area (Å²) in [7, 11) is 0. The second-order valence-electron chi connectivity index (χ2n) is 3.34. The van der Waals surface area contributed by atoms with Crippen molar-refractivity contribution in [1.29, 1.82) is 0 Å². The second-order valence-corrected chi connectivity index (χ2v) is 3.34. The fourth-order valence-electron chi connectivity index (χ4n) is 0.902. The molecule has 0 radical (unpaired) electrons. The van der Waals surface area contributed by atoms with E-state index in [1.165, 1.54) is 0 Å². The third-order valence-electron chi connectivity index (χ3n) is 1.61. The first-order chi connectivity index (χ1) is 6.20. The Morgan fingerprint density at radius 1 is 1.43 bits per heavy atom. The van der Waals surface area contributed by atoms with Crippen molar-refractivity contribution in [1.82, 2.24) is 10.3 Å². The number of hydrogen-bond donors (Lipinski definition) is 1. The molecule has 0 aliphatic rings. The van der Waals surface area contributed by atoms with Gasteiger partial charge in [0.25, 0.3) is 5.91 Å². The molecule has 78 valence electrons. The van der Waals surface area contributed by atoms with E-state index in [9.17, 15) is 4.79 Å². The SMILES string of the molecule is CC(C)CNC(=O)c1ccncc1.Cl. The van der Waals surface area contributed by atoms with Crippen LogP contribution in [0.2, 0.25) is 0 Å². The van der Waals surface area contributed by atoms with Gasteiger partial charge in [0, 0.05) is 24.5 Å². The van der Waals surface area contributed by atoms with Crippen molar-refractivity contribution in [3.8, 4) is 0 Å². The first-order valence-corrected chi connectivity index (χ1v) is 4.38. The Balaban J connectivity index is 0.00000169. The smallest absolute Gasteiger partial charge is 0.251 e. The first-order valence-electron chi connectivity index (χ1n) is 4.38. The van der Waals surface area contributed by atoms with Gasteiger partial charge in [0.1, 0.15) is 0 Å². The van der Waals surface area contributed by atoms with Gasteiger partial charge in [-0.25, -0.2) is 0 Å². The number of aromatic nitrogens is 1. The molecule has 0 saturated heterocycles. The number of amides is 1. The fraction of sp³-hybridized carbons (Fsp3) is 0.400. The van der Waals surface area contributed by atoms with Gasteiger partial charge in [0.15, 0.2) is 0 Å². The zero-order valence-corrected chi connectivity index (χ0v) is 9.17. The predicted octanol–water partition coefficient (Wildman–Crippen LogP) is 1.89. The standard InChI is InChI=1S/C10H14N2O.ClH/c1-8(2)7-12-10(13)9-3-5-11-6-4-9;/h3-6,8H,7H2,1-2H3,(H,12,13);1H. The lowest BCUT2D eigenvalue weighted by Gasteiger charge is -2.06. The number of nitrogens with zero attached hydrogens (tertiary/aromatic N) is 1. The van der Waals surface area contributed by atoms with E-state index in [-0.39, 0.29) is 18.3 Å². The first kappa shape index (κ1) is 12.9. The molecule has 1 amide bonds. The highest BCUT2D eigenvalue weighted by Crippen LogP contribution is 1.96. The zero-order valence-electron chi connectivity index (χ0n) is 8.36. The lowest BCUT2D eigenvalue weighted by molar-refractivity contribution is 0.0949. The van der Waals surface area contributed by atoms with Gasteiger partial charge in [-0.1, -0.05) is 13.8 Å². The van der Waals surface area contributed by atoms with Crippen molar-refractivity contribution in [2.75, 3.05) is 6.54 Å². The minimum atomic E-state index is -0.0314. The van der Waals surface area contributed by atoms with Gasteiger partial charge in [0.2, 0.25) is 0 Å². The Labute approximate surface area is 90.3 Å². The molecule has 0 unspecified atom stereocenters. The van der Waals surface area contributed by atoms with E-state index in [1.54, 1.807) is 24.5 Å². The summed E-state index contributed by atoms with van der Waals surface area (Å²) in [5, 5.41) is 2.83. The average molecular weight is 215 g/mol. The molecule has 3 nitrogen and oxygen atoms in total. The maximum absolute atomic E-state index is 11.4. The highest BCUT2D eigenvalue weighted by Gasteiger charge is 2.03. The quantitative estimate of drug-likeness (QED) is 0.835. The molecule has 14 heavy (non-hydrogen) atoms. The lowest BCUT2D eigenvalue weighted by Crippen LogP contribution is -2.27. The van der Waals surface area contributed by atoms with Gasteiger partial charge >= 0.3 is 0 Å². The van der Waals surface area contributed by atoms with Crippen LogP contribution in [0.4, 0.5) is 0 Å². The summed E-state index contributed by atoms with van der Waals surface area (Å²) in [6.07, 6.45) is 3.23. The minimum absolute atomic E-state index is 0. The van der Waals surface area contributed by atoms with E-state index in [1.807, 2.05) is 0 Å². The van der Waals surface area contributed by atoms with Gasteiger partial charge in [-0.2, -0.15) is 0 Å².